The number of amides is 1. The first-order valence-corrected chi connectivity index (χ1v) is 10.1. The zero-order valence-electron chi connectivity index (χ0n) is 14.9. The molecule has 0 atom stereocenters. The molecule has 0 radical (unpaired) electrons. The van der Waals surface area contributed by atoms with Crippen LogP contribution >= 0.6 is 31.9 Å². The Morgan fingerprint density at radius 1 is 0.828 bits per heavy atom. The van der Waals surface area contributed by atoms with Crippen LogP contribution in [0, 0.1) is 0 Å². The molecule has 0 aliphatic rings. The maximum absolute atomic E-state index is 12.3. The van der Waals surface area contributed by atoms with E-state index >= 15 is 0 Å². The number of carbonyl (C=O) groups is 2. The summed E-state index contributed by atoms with van der Waals surface area (Å²) >= 11 is 6.72. The van der Waals surface area contributed by atoms with Crippen molar-refractivity contribution in [3.63, 3.8) is 0 Å². The summed E-state index contributed by atoms with van der Waals surface area (Å²) in [6, 6.07) is 22.7. The molecule has 0 saturated carbocycles. The fourth-order valence-corrected chi connectivity index (χ4v) is 3.34. The van der Waals surface area contributed by atoms with Crippen LogP contribution in [0.15, 0.2) is 89.0 Å². The number of carboxylic acid groups (broad SMARTS) is 1. The Hall–Kier alpha value is -2.90. The molecule has 3 aromatic carbocycles. The van der Waals surface area contributed by atoms with Gasteiger partial charge < -0.3 is 15.2 Å². The fraction of sp³-hybridized carbons (Fsp3) is 0. The Kier molecular flexibility index (Phi) is 6.85. The highest BCUT2D eigenvalue weighted by atomic mass is 79.9. The number of ether oxygens (including phenoxy) is 1. The monoisotopic (exact) mass is 515 g/mol. The van der Waals surface area contributed by atoms with Crippen molar-refractivity contribution < 1.29 is 19.4 Å². The summed E-state index contributed by atoms with van der Waals surface area (Å²) in [5, 5.41) is 12.0. The molecular formula is C22H15Br2NO4. The van der Waals surface area contributed by atoms with Crippen molar-refractivity contribution >= 4 is 48.2 Å². The van der Waals surface area contributed by atoms with E-state index in [1.54, 1.807) is 54.6 Å². The van der Waals surface area contributed by atoms with Gasteiger partial charge in [-0.2, -0.15) is 0 Å². The predicted octanol–water partition coefficient (Wildman–Crippen LogP) is 5.82. The summed E-state index contributed by atoms with van der Waals surface area (Å²) in [6.45, 7) is 0. The highest BCUT2D eigenvalue weighted by Crippen LogP contribution is 2.31. The van der Waals surface area contributed by atoms with Gasteiger partial charge in [0.2, 0.25) is 0 Å². The predicted molar refractivity (Wildman–Crippen MR) is 118 cm³/mol. The van der Waals surface area contributed by atoms with Crippen LogP contribution in [0.2, 0.25) is 0 Å². The first kappa shape index (κ1) is 20.8. The second-order valence-electron chi connectivity index (χ2n) is 5.87. The molecular weight excluding hydrogens is 502 g/mol. The molecule has 0 heterocycles. The van der Waals surface area contributed by atoms with Crippen LogP contribution in [-0.2, 0) is 4.79 Å². The number of halogens is 2. The zero-order valence-corrected chi connectivity index (χ0v) is 18.1. The van der Waals surface area contributed by atoms with Gasteiger partial charge in [-0.1, -0.05) is 42.5 Å². The van der Waals surface area contributed by atoms with E-state index in [0.29, 0.717) is 22.6 Å². The topological polar surface area (TPSA) is 75.6 Å². The molecule has 0 aliphatic carbocycles. The quantitative estimate of drug-likeness (QED) is 0.405. The molecule has 0 bridgehead atoms. The van der Waals surface area contributed by atoms with Gasteiger partial charge in [0.25, 0.3) is 5.91 Å². The lowest BCUT2D eigenvalue weighted by Crippen LogP contribution is -2.27. The normalized spacial score (nSPS) is 11.4. The fourth-order valence-electron chi connectivity index (χ4n) is 2.45. The van der Waals surface area contributed by atoms with Crippen molar-refractivity contribution in [3.8, 4) is 11.5 Å². The second kappa shape index (κ2) is 9.54. The third-order valence-electron chi connectivity index (χ3n) is 3.88. The summed E-state index contributed by atoms with van der Waals surface area (Å²) in [7, 11) is 0. The molecule has 0 spiro atoms. The minimum Gasteiger partial charge on any atom is -0.477 e. The molecule has 3 aromatic rings. The van der Waals surface area contributed by atoms with E-state index < -0.39 is 11.9 Å². The van der Waals surface area contributed by atoms with Crippen LogP contribution in [0.3, 0.4) is 0 Å². The van der Waals surface area contributed by atoms with E-state index in [1.165, 1.54) is 0 Å². The Morgan fingerprint density at radius 3 is 2.07 bits per heavy atom. The molecule has 3 rings (SSSR count). The summed E-state index contributed by atoms with van der Waals surface area (Å²) in [5.41, 5.74) is 0.692. The number of aliphatic carboxylic acids is 1. The molecule has 29 heavy (non-hydrogen) atoms. The van der Waals surface area contributed by atoms with Crippen LogP contribution in [0.4, 0.5) is 0 Å². The molecule has 7 heteroatoms. The van der Waals surface area contributed by atoms with E-state index in [4.69, 9.17) is 4.74 Å². The van der Waals surface area contributed by atoms with Gasteiger partial charge in [0, 0.05) is 5.56 Å². The van der Waals surface area contributed by atoms with Gasteiger partial charge >= 0.3 is 5.97 Å². The van der Waals surface area contributed by atoms with Gasteiger partial charge in [-0.25, -0.2) is 4.79 Å². The number of nitrogens with one attached hydrogen (secondary N) is 1. The Morgan fingerprint density at radius 2 is 1.45 bits per heavy atom. The van der Waals surface area contributed by atoms with Gasteiger partial charge in [-0.3, -0.25) is 4.79 Å². The molecule has 0 aromatic heterocycles. The van der Waals surface area contributed by atoms with Gasteiger partial charge in [-0.05, 0) is 73.8 Å². The van der Waals surface area contributed by atoms with Gasteiger partial charge in [0.1, 0.15) is 17.2 Å². The Bertz CT molecular complexity index is 1060. The van der Waals surface area contributed by atoms with Crippen molar-refractivity contribution in [1.82, 2.24) is 5.32 Å². The lowest BCUT2D eigenvalue weighted by atomic mass is 10.1. The van der Waals surface area contributed by atoms with E-state index in [9.17, 15) is 14.7 Å². The molecule has 5 nitrogen and oxygen atoms in total. The summed E-state index contributed by atoms with van der Waals surface area (Å²) in [5.74, 6) is -0.508. The molecule has 0 aliphatic heterocycles. The lowest BCUT2D eigenvalue weighted by Gasteiger charge is -2.11. The second-order valence-corrected chi connectivity index (χ2v) is 7.52. The maximum atomic E-state index is 12.3. The van der Waals surface area contributed by atoms with Crippen molar-refractivity contribution in [1.29, 1.82) is 0 Å². The smallest absolute Gasteiger partial charge is 0.353 e. The molecule has 0 saturated heterocycles. The van der Waals surface area contributed by atoms with Crippen molar-refractivity contribution in [2.45, 2.75) is 0 Å². The number of rotatable bonds is 6. The van der Waals surface area contributed by atoms with Crippen LogP contribution in [-0.4, -0.2) is 17.0 Å². The number of hydrogen-bond acceptors (Lipinski definition) is 3. The van der Waals surface area contributed by atoms with Gasteiger partial charge in [0.05, 0.1) is 8.96 Å². The van der Waals surface area contributed by atoms with Crippen molar-refractivity contribution in [2.75, 3.05) is 0 Å². The Labute approximate surface area is 184 Å². The Balaban J connectivity index is 1.82. The largest absolute Gasteiger partial charge is 0.477 e. The van der Waals surface area contributed by atoms with Crippen molar-refractivity contribution in [3.05, 3.63) is 100 Å². The average molecular weight is 517 g/mol. The minimum absolute atomic E-state index is 0.252. The van der Waals surface area contributed by atoms with E-state index in [2.05, 4.69) is 37.2 Å². The third-order valence-corrected chi connectivity index (χ3v) is 5.39. The van der Waals surface area contributed by atoms with Crippen LogP contribution in [0.1, 0.15) is 15.9 Å². The number of benzene rings is 3. The van der Waals surface area contributed by atoms with E-state index in [-0.39, 0.29) is 10.2 Å². The average Bonchev–Trinajstić information content (AvgIpc) is 2.74. The van der Waals surface area contributed by atoms with Crippen LogP contribution in [0.25, 0.3) is 4.48 Å². The molecule has 1 amide bonds. The number of carbonyl (C=O) groups excluding carboxylic acids is 1. The highest BCUT2D eigenvalue weighted by molar-refractivity contribution is 9.15. The number of carboxylic acids is 1. The molecule has 0 fully saturated rings. The lowest BCUT2D eigenvalue weighted by molar-refractivity contribution is -0.132. The third kappa shape index (κ3) is 5.34. The molecule has 146 valence electrons. The van der Waals surface area contributed by atoms with E-state index in [0.717, 1.165) is 4.47 Å². The summed E-state index contributed by atoms with van der Waals surface area (Å²) in [6.07, 6.45) is 0. The highest BCUT2D eigenvalue weighted by Gasteiger charge is 2.18. The summed E-state index contributed by atoms with van der Waals surface area (Å²) in [4.78, 5) is 24.0. The van der Waals surface area contributed by atoms with Gasteiger partial charge in [0.15, 0.2) is 0 Å². The number of hydrogen-bond donors (Lipinski definition) is 2. The first-order chi connectivity index (χ1) is 14.0. The van der Waals surface area contributed by atoms with Crippen molar-refractivity contribution in [2.24, 2.45) is 0 Å². The van der Waals surface area contributed by atoms with Gasteiger partial charge in [-0.15, -0.1) is 0 Å². The van der Waals surface area contributed by atoms with E-state index in [1.807, 2.05) is 24.3 Å². The van der Waals surface area contributed by atoms with Crippen LogP contribution in [0.5, 0.6) is 11.5 Å². The number of para-hydroxylation sites is 1. The van der Waals surface area contributed by atoms with Crippen LogP contribution < -0.4 is 10.1 Å². The molecule has 2 N–H and O–H groups in total. The summed E-state index contributed by atoms with van der Waals surface area (Å²) < 4.78 is 6.88. The standard InChI is InChI=1S/C22H15Br2NO4/c23-17-8-4-5-9-18(17)29-16-12-10-14(11-13-16)19(24)20(22(27)28)25-21(26)15-6-2-1-3-7-15/h1-13H,(H,25,26)(H,27,28)/b20-19+. The first-order valence-electron chi connectivity index (χ1n) is 8.48. The zero-order chi connectivity index (χ0) is 20.8. The SMILES string of the molecule is O=C(O)/C(NC(=O)c1ccccc1)=C(\Br)c1ccc(Oc2ccccc2Br)cc1. The maximum Gasteiger partial charge on any atom is 0.353 e. The molecule has 0 unspecified atom stereocenters. The minimum atomic E-state index is -1.25.